The molecule has 0 radical (unpaired) electrons. The third-order valence-electron chi connectivity index (χ3n) is 6.99. The number of halogens is 1. The number of esters is 1. The lowest BCUT2D eigenvalue weighted by Gasteiger charge is -2.42. The third-order valence-corrected chi connectivity index (χ3v) is 7.24. The van der Waals surface area contributed by atoms with Crippen molar-refractivity contribution in [3.63, 3.8) is 0 Å². The SMILES string of the molecule is COC(=O)CCCNC(C(=O)NC1CCCC1)C(c1ccc(Cl)cc1)C1CCOC(C)(C)C1. The van der Waals surface area contributed by atoms with E-state index in [0.29, 0.717) is 31.0 Å². The maximum Gasteiger partial charge on any atom is 0.305 e. The van der Waals surface area contributed by atoms with Crippen LogP contribution >= 0.6 is 11.6 Å². The molecule has 7 heteroatoms. The van der Waals surface area contributed by atoms with E-state index in [1.807, 2.05) is 24.3 Å². The molecule has 1 amide bonds. The second-order valence-electron chi connectivity index (χ2n) is 10.0. The number of rotatable bonds is 10. The van der Waals surface area contributed by atoms with E-state index >= 15 is 0 Å². The van der Waals surface area contributed by atoms with Gasteiger partial charge in [-0.15, -0.1) is 0 Å². The van der Waals surface area contributed by atoms with E-state index < -0.39 is 6.04 Å². The molecule has 2 fully saturated rings. The van der Waals surface area contributed by atoms with Crippen molar-refractivity contribution in [3.8, 4) is 0 Å². The molecular formula is C26H39ClN2O4. The van der Waals surface area contributed by atoms with Crippen molar-refractivity contribution in [3.05, 3.63) is 34.9 Å². The summed E-state index contributed by atoms with van der Waals surface area (Å²) in [5.41, 5.74) is 0.874. The van der Waals surface area contributed by atoms with Crippen LogP contribution in [0.25, 0.3) is 0 Å². The first kappa shape index (κ1) is 26.0. The third kappa shape index (κ3) is 7.69. The van der Waals surface area contributed by atoms with Gasteiger partial charge in [0.05, 0.1) is 18.8 Å². The first-order valence-corrected chi connectivity index (χ1v) is 12.7. The van der Waals surface area contributed by atoms with Crippen LogP contribution in [0.2, 0.25) is 5.02 Å². The number of nitrogens with one attached hydrogen (secondary N) is 2. The average molecular weight is 479 g/mol. The summed E-state index contributed by atoms with van der Waals surface area (Å²) in [6.07, 6.45) is 7.12. The van der Waals surface area contributed by atoms with E-state index in [0.717, 1.165) is 44.1 Å². The smallest absolute Gasteiger partial charge is 0.305 e. The standard InChI is InChI=1S/C26H39ClN2O4/c1-26(2)17-19(14-16-33-26)23(18-10-12-20(27)13-11-18)24(28-15-6-9-22(30)32-3)25(31)29-21-7-4-5-8-21/h10-13,19,21,23-24,28H,4-9,14-17H2,1-3H3,(H,29,31). The van der Waals surface area contributed by atoms with Crippen LogP contribution in [0.1, 0.15) is 76.7 Å². The van der Waals surface area contributed by atoms with Crippen LogP contribution in [0.4, 0.5) is 0 Å². The topological polar surface area (TPSA) is 76.7 Å². The minimum Gasteiger partial charge on any atom is -0.469 e. The van der Waals surface area contributed by atoms with Gasteiger partial charge in [0.25, 0.3) is 0 Å². The van der Waals surface area contributed by atoms with Crippen molar-refractivity contribution < 1.29 is 19.1 Å². The van der Waals surface area contributed by atoms with Gasteiger partial charge in [0, 0.05) is 30.0 Å². The quantitative estimate of drug-likeness (QED) is 0.379. The van der Waals surface area contributed by atoms with Crippen molar-refractivity contribution in [1.82, 2.24) is 10.6 Å². The van der Waals surface area contributed by atoms with Crippen LogP contribution in [0, 0.1) is 5.92 Å². The summed E-state index contributed by atoms with van der Waals surface area (Å²) >= 11 is 6.19. The fourth-order valence-corrected chi connectivity index (χ4v) is 5.47. The van der Waals surface area contributed by atoms with Crippen LogP contribution in [0.5, 0.6) is 0 Å². The Morgan fingerprint density at radius 2 is 1.88 bits per heavy atom. The van der Waals surface area contributed by atoms with E-state index in [4.69, 9.17) is 21.1 Å². The van der Waals surface area contributed by atoms with Crippen molar-refractivity contribution in [2.75, 3.05) is 20.3 Å². The molecule has 184 valence electrons. The lowest BCUT2D eigenvalue weighted by Crippen LogP contribution is -2.53. The van der Waals surface area contributed by atoms with Gasteiger partial charge in [-0.25, -0.2) is 0 Å². The van der Waals surface area contributed by atoms with E-state index in [2.05, 4.69) is 24.5 Å². The Balaban J connectivity index is 1.85. The van der Waals surface area contributed by atoms with Crippen LogP contribution in [-0.4, -0.2) is 49.8 Å². The van der Waals surface area contributed by atoms with Gasteiger partial charge in [0.15, 0.2) is 0 Å². The molecule has 1 aliphatic carbocycles. The Labute approximate surface area is 203 Å². The molecule has 6 nitrogen and oxygen atoms in total. The van der Waals surface area contributed by atoms with Gasteiger partial charge in [-0.2, -0.15) is 0 Å². The number of hydrogen-bond donors (Lipinski definition) is 2. The number of ether oxygens (including phenoxy) is 2. The minimum atomic E-state index is -0.400. The first-order chi connectivity index (χ1) is 15.8. The molecular weight excluding hydrogens is 440 g/mol. The van der Waals surface area contributed by atoms with E-state index in [1.54, 1.807) is 0 Å². The van der Waals surface area contributed by atoms with Crippen molar-refractivity contribution >= 4 is 23.5 Å². The molecule has 3 unspecified atom stereocenters. The second-order valence-corrected chi connectivity index (χ2v) is 10.5. The van der Waals surface area contributed by atoms with Gasteiger partial charge in [-0.3, -0.25) is 9.59 Å². The van der Waals surface area contributed by atoms with E-state index in [1.165, 1.54) is 7.11 Å². The summed E-state index contributed by atoms with van der Waals surface area (Å²) in [7, 11) is 1.40. The van der Waals surface area contributed by atoms with E-state index in [9.17, 15) is 9.59 Å². The summed E-state index contributed by atoms with van der Waals surface area (Å²) in [6.45, 7) is 5.49. The van der Waals surface area contributed by atoms with Gasteiger partial charge in [-0.1, -0.05) is 36.6 Å². The Kier molecular flexibility index (Phi) is 9.59. The zero-order chi connectivity index (χ0) is 23.8. The normalized spacial score (nSPS) is 22.5. The Morgan fingerprint density at radius 3 is 2.52 bits per heavy atom. The number of amides is 1. The molecule has 2 N–H and O–H groups in total. The fraction of sp³-hybridized carbons (Fsp3) is 0.692. The number of carbonyl (C=O) groups is 2. The predicted molar refractivity (Wildman–Crippen MR) is 130 cm³/mol. The molecule has 1 aliphatic heterocycles. The monoisotopic (exact) mass is 478 g/mol. The summed E-state index contributed by atoms with van der Waals surface area (Å²) in [6, 6.07) is 7.73. The molecule has 1 heterocycles. The summed E-state index contributed by atoms with van der Waals surface area (Å²) in [5, 5.41) is 7.51. The molecule has 0 aromatic heterocycles. The predicted octanol–water partition coefficient (Wildman–Crippen LogP) is 4.60. The average Bonchev–Trinajstić information content (AvgIpc) is 3.29. The van der Waals surface area contributed by atoms with E-state index in [-0.39, 0.29) is 35.4 Å². The summed E-state index contributed by atoms with van der Waals surface area (Å²) in [4.78, 5) is 25.2. The highest BCUT2D eigenvalue weighted by molar-refractivity contribution is 6.30. The molecule has 3 rings (SSSR count). The molecule has 33 heavy (non-hydrogen) atoms. The second kappa shape index (κ2) is 12.2. The first-order valence-electron chi connectivity index (χ1n) is 12.3. The number of hydrogen-bond acceptors (Lipinski definition) is 5. The largest absolute Gasteiger partial charge is 0.469 e. The molecule has 3 atom stereocenters. The van der Waals surface area contributed by atoms with Gasteiger partial charge < -0.3 is 20.1 Å². The number of carbonyl (C=O) groups excluding carboxylic acids is 2. The molecule has 0 bridgehead atoms. The molecule has 1 aromatic carbocycles. The molecule has 0 spiro atoms. The van der Waals surface area contributed by atoms with Gasteiger partial charge in [0.1, 0.15) is 0 Å². The Bertz CT molecular complexity index is 777. The molecule has 1 saturated heterocycles. The van der Waals surface area contributed by atoms with Crippen molar-refractivity contribution in [1.29, 1.82) is 0 Å². The fourth-order valence-electron chi connectivity index (χ4n) is 5.34. The zero-order valence-corrected chi connectivity index (χ0v) is 21.0. The molecule has 1 aromatic rings. The highest BCUT2D eigenvalue weighted by Gasteiger charge is 2.40. The van der Waals surface area contributed by atoms with Crippen LogP contribution in [-0.2, 0) is 19.1 Å². The lowest BCUT2D eigenvalue weighted by atomic mass is 9.73. The molecule has 1 saturated carbocycles. The lowest BCUT2D eigenvalue weighted by molar-refractivity contribution is -0.140. The number of benzene rings is 1. The van der Waals surface area contributed by atoms with Crippen LogP contribution in [0.3, 0.4) is 0 Å². The number of methoxy groups -OCH3 is 1. The maximum absolute atomic E-state index is 13.6. The summed E-state index contributed by atoms with van der Waals surface area (Å²) in [5.74, 6) is 0.0701. The zero-order valence-electron chi connectivity index (χ0n) is 20.2. The van der Waals surface area contributed by atoms with Crippen molar-refractivity contribution in [2.24, 2.45) is 5.92 Å². The van der Waals surface area contributed by atoms with Crippen LogP contribution in [0.15, 0.2) is 24.3 Å². The highest BCUT2D eigenvalue weighted by Crippen LogP contribution is 2.40. The Hall–Kier alpha value is -1.63. The van der Waals surface area contributed by atoms with Gasteiger partial charge in [0.2, 0.25) is 5.91 Å². The molecule has 2 aliphatic rings. The maximum atomic E-state index is 13.6. The highest BCUT2D eigenvalue weighted by atomic mass is 35.5. The Morgan fingerprint density at radius 1 is 1.18 bits per heavy atom. The van der Waals surface area contributed by atoms with Crippen molar-refractivity contribution in [2.45, 2.75) is 88.8 Å². The summed E-state index contributed by atoms with van der Waals surface area (Å²) < 4.78 is 10.8. The van der Waals surface area contributed by atoms with Gasteiger partial charge >= 0.3 is 5.97 Å². The van der Waals surface area contributed by atoms with Gasteiger partial charge in [-0.05, 0) is 76.1 Å². The van der Waals surface area contributed by atoms with Crippen LogP contribution < -0.4 is 10.6 Å². The minimum absolute atomic E-state index is 0.0232.